The topological polar surface area (TPSA) is 52.6 Å². The molecule has 0 aromatic rings. The molecule has 0 saturated heterocycles. The molecule has 10 atom stereocenters. The Morgan fingerprint density at radius 1 is 0.667 bits per heavy atom. The van der Waals surface area contributed by atoms with Gasteiger partial charge in [-0.1, -0.05) is 66.5 Å². The first-order valence-corrected chi connectivity index (χ1v) is 13.7. The Bertz CT molecular complexity index is 680. The maximum Gasteiger partial charge on any atom is 0.310 e. The number of allylic oxidation sites excluding steroid dienone is 2. The van der Waals surface area contributed by atoms with Crippen LogP contribution in [0.15, 0.2) is 12.2 Å². The molecule has 33 heavy (non-hydrogen) atoms. The van der Waals surface area contributed by atoms with Gasteiger partial charge in [0.1, 0.15) is 12.2 Å². The summed E-state index contributed by atoms with van der Waals surface area (Å²) in [4.78, 5) is 27.1. The lowest BCUT2D eigenvalue weighted by Gasteiger charge is -2.39. The molecule has 0 heterocycles. The Kier molecular flexibility index (Phi) is 7.60. The summed E-state index contributed by atoms with van der Waals surface area (Å²) in [7, 11) is 0. The van der Waals surface area contributed by atoms with Crippen molar-refractivity contribution in [2.75, 3.05) is 0 Å². The van der Waals surface area contributed by atoms with Crippen LogP contribution in [0.25, 0.3) is 0 Å². The van der Waals surface area contributed by atoms with Crippen LogP contribution in [0.2, 0.25) is 0 Å². The van der Waals surface area contributed by atoms with Crippen molar-refractivity contribution in [3.8, 4) is 0 Å². The van der Waals surface area contributed by atoms with Crippen LogP contribution in [-0.2, 0) is 19.1 Å². The smallest absolute Gasteiger partial charge is 0.310 e. The van der Waals surface area contributed by atoms with Crippen molar-refractivity contribution in [1.82, 2.24) is 0 Å². The van der Waals surface area contributed by atoms with Gasteiger partial charge in [-0.25, -0.2) is 0 Å². The van der Waals surface area contributed by atoms with Gasteiger partial charge < -0.3 is 9.47 Å². The largest absolute Gasteiger partial charge is 0.462 e. The van der Waals surface area contributed by atoms with Gasteiger partial charge in [0.25, 0.3) is 0 Å². The molecular weight excluding hydrogens is 412 g/mol. The van der Waals surface area contributed by atoms with E-state index in [-0.39, 0.29) is 47.8 Å². The highest BCUT2D eigenvalue weighted by atomic mass is 16.6. The SMILES string of the molecule is CC(C)[C@@H]1CC[C@@H](C)C[C@H]1OC(=O)[C@@H]1[C@@H](C(=O)O[C@@H]2C[C@H](C)CC[C@H]2C(C)C)[C@H]2C=C[C@@H]1C2. The summed E-state index contributed by atoms with van der Waals surface area (Å²) in [6, 6.07) is 0. The predicted octanol–water partition coefficient (Wildman–Crippen LogP) is 6.43. The normalized spacial score (nSPS) is 42.7. The Balaban J connectivity index is 1.47. The van der Waals surface area contributed by atoms with Gasteiger partial charge >= 0.3 is 11.9 Å². The fourth-order valence-corrected chi connectivity index (χ4v) is 7.42. The minimum atomic E-state index is -0.379. The molecule has 0 radical (unpaired) electrons. The van der Waals surface area contributed by atoms with Crippen molar-refractivity contribution < 1.29 is 19.1 Å². The molecule has 0 aromatic heterocycles. The van der Waals surface area contributed by atoms with E-state index in [4.69, 9.17) is 9.47 Å². The lowest BCUT2D eigenvalue weighted by atomic mass is 9.75. The summed E-state index contributed by atoms with van der Waals surface area (Å²) < 4.78 is 12.5. The Hall–Kier alpha value is -1.32. The average molecular weight is 459 g/mol. The summed E-state index contributed by atoms with van der Waals surface area (Å²) in [5, 5.41) is 0. The van der Waals surface area contributed by atoms with E-state index >= 15 is 0 Å². The lowest BCUT2D eigenvalue weighted by Crippen LogP contribution is -2.43. The van der Waals surface area contributed by atoms with Gasteiger partial charge in [-0.15, -0.1) is 0 Å². The molecule has 0 N–H and O–H groups in total. The molecule has 0 aliphatic heterocycles. The fraction of sp³-hybridized carbons (Fsp3) is 0.862. The number of esters is 2. The number of rotatable bonds is 6. The lowest BCUT2D eigenvalue weighted by molar-refractivity contribution is -0.174. The Morgan fingerprint density at radius 2 is 1.06 bits per heavy atom. The Morgan fingerprint density at radius 3 is 1.42 bits per heavy atom. The van der Waals surface area contributed by atoms with Crippen LogP contribution in [0, 0.1) is 59.2 Å². The minimum absolute atomic E-state index is 0.0226. The molecular formula is C29H46O4. The number of hydrogen-bond donors (Lipinski definition) is 0. The summed E-state index contributed by atoms with van der Waals surface area (Å²) in [6.45, 7) is 13.5. The fourth-order valence-electron chi connectivity index (χ4n) is 7.42. The molecule has 186 valence electrons. The highest BCUT2D eigenvalue weighted by molar-refractivity contribution is 5.84. The van der Waals surface area contributed by atoms with Gasteiger partial charge in [-0.3, -0.25) is 9.59 Å². The van der Waals surface area contributed by atoms with Crippen LogP contribution in [0.3, 0.4) is 0 Å². The van der Waals surface area contributed by atoms with E-state index in [0.717, 1.165) is 32.1 Å². The van der Waals surface area contributed by atoms with E-state index in [0.29, 0.717) is 35.5 Å². The van der Waals surface area contributed by atoms with Crippen molar-refractivity contribution in [3.05, 3.63) is 12.2 Å². The van der Waals surface area contributed by atoms with Crippen LogP contribution < -0.4 is 0 Å². The second-order valence-electron chi connectivity index (χ2n) is 12.6. The molecule has 4 heteroatoms. The highest BCUT2D eigenvalue weighted by Crippen LogP contribution is 2.50. The molecule has 0 aromatic carbocycles. The van der Waals surface area contributed by atoms with E-state index in [1.807, 2.05) is 0 Å². The molecule has 4 aliphatic carbocycles. The van der Waals surface area contributed by atoms with Crippen molar-refractivity contribution >= 4 is 11.9 Å². The highest BCUT2D eigenvalue weighted by Gasteiger charge is 2.54. The van der Waals surface area contributed by atoms with Gasteiger partial charge in [0.05, 0.1) is 11.8 Å². The van der Waals surface area contributed by atoms with Gasteiger partial charge in [-0.2, -0.15) is 0 Å². The zero-order chi connectivity index (χ0) is 23.9. The van der Waals surface area contributed by atoms with Gasteiger partial charge in [0.2, 0.25) is 0 Å². The average Bonchev–Trinajstić information content (AvgIpc) is 3.35. The number of ether oxygens (including phenoxy) is 2. The number of carbonyl (C=O) groups is 2. The molecule has 4 aliphatic rings. The first kappa shape index (κ1) is 24.8. The van der Waals surface area contributed by atoms with Crippen LogP contribution >= 0.6 is 0 Å². The molecule has 4 nitrogen and oxygen atoms in total. The van der Waals surface area contributed by atoms with Crippen LogP contribution in [0.4, 0.5) is 0 Å². The number of fused-ring (bicyclic) bond motifs is 2. The third-order valence-electron chi connectivity index (χ3n) is 9.46. The maximum atomic E-state index is 13.5. The van der Waals surface area contributed by atoms with E-state index < -0.39 is 0 Å². The molecule has 0 unspecified atom stereocenters. The van der Waals surface area contributed by atoms with Crippen molar-refractivity contribution in [1.29, 1.82) is 0 Å². The monoisotopic (exact) mass is 458 g/mol. The van der Waals surface area contributed by atoms with Gasteiger partial charge in [-0.05, 0) is 79.4 Å². The third-order valence-corrected chi connectivity index (χ3v) is 9.46. The molecule has 3 fully saturated rings. The van der Waals surface area contributed by atoms with E-state index in [2.05, 4.69) is 53.7 Å². The minimum Gasteiger partial charge on any atom is -0.462 e. The molecule has 2 bridgehead atoms. The van der Waals surface area contributed by atoms with E-state index in [9.17, 15) is 9.59 Å². The van der Waals surface area contributed by atoms with Crippen LogP contribution in [-0.4, -0.2) is 24.1 Å². The number of carbonyl (C=O) groups excluding carboxylic acids is 2. The van der Waals surface area contributed by atoms with Gasteiger partial charge in [0.15, 0.2) is 0 Å². The summed E-state index contributed by atoms with van der Waals surface area (Å²) >= 11 is 0. The summed E-state index contributed by atoms with van der Waals surface area (Å²) in [6.07, 6.45) is 11.7. The van der Waals surface area contributed by atoms with Gasteiger partial charge in [0, 0.05) is 0 Å². The second kappa shape index (κ2) is 10.1. The zero-order valence-electron chi connectivity index (χ0n) is 21.7. The summed E-state index contributed by atoms with van der Waals surface area (Å²) in [5.41, 5.74) is 0. The third kappa shape index (κ3) is 5.20. The quantitative estimate of drug-likeness (QED) is 0.340. The van der Waals surface area contributed by atoms with E-state index in [1.54, 1.807) is 0 Å². The summed E-state index contributed by atoms with van der Waals surface area (Å²) in [5.74, 6) is 2.16. The maximum absolute atomic E-state index is 13.5. The van der Waals surface area contributed by atoms with E-state index in [1.165, 1.54) is 12.8 Å². The number of hydrogen-bond acceptors (Lipinski definition) is 4. The second-order valence-corrected chi connectivity index (χ2v) is 12.6. The van der Waals surface area contributed by atoms with Crippen molar-refractivity contribution in [3.63, 3.8) is 0 Å². The first-order valence-electron chi connectivity index (χ1n) is 13.7. The van der Waals surface area contributed by atoms with Crippen LogP contribution in [0.1, 0.15) is 86.5 Å². The Labute approximate surface area is 201 Å². The first-order chi connectivity index (χ1) is 15.7. The molecule has 4 rings (SSSR count). The molecule has 0 spiro atoms. The van der Waals surface area contributed by atoms with Crippen LogP contribution in [0.5, 0.6) is 0 Å². The van der Waals surface area contributed by atoms with Crippen molar-refractivity contribution in [2.24, 2.45) is 59.2 Å². The zero-order valence-corrected chi connectivity index (χ0v) is 21.7. The standard InChI is InChI=1S/C29H46O4/c1-16(2)22-11-7-18(5)13-24(22)32-28(30)26-20-9-10-21(15-20)27(26)29(31)33-25-14-19(6)8-12-23(25)17(3)4/h9-10,16-27H,7-8,11-15H2,1-6H3/t18-,19-,20-,21+,22+,23+,24-,25-,26+,27+/m1/s1. The molecule has 3 saturated carbocycles. The van der Waals surface area contributed by atoms with Crippen molar-refractivity contribution in [2.45, 2.75) is 98.7 Å². The molecule has 0 amide bonds. The predicted molar refractivity (Wildman–Crippen MR) is 130 cm³/mol.